The molecule has 0 bridgehead atoms. The lowest BCUT2D eigenvalue weighted by molar-refractivity contribution is -0.123. The summed E-state index contributed by atoms with van der Waals surface area (Å²) >= 11 is 0. The molecule has 1 aliphatic carbocycles. The Morgan fingerprint density at radius 1 is 1.03 bits per heavy atom. The lowest BCUT2D eigenvalue weighted by Gasteiger charge is -2.38. The Balaban J connectivity index is 1.36. The zero-order valence-corrected chi connectivity index (χ0v) is 22.4. The molecule has 1 saturated carbocycles. The molecular weight excluding hydrogens is 450 g/mol. The molecule has 7 heteroatoms. The van der Waals surface area contributed by atoms with Crippen LogP contribution in [0.2, 0.25) is 0 Å². The first kappa shape index (κ1) is 26.3. The second-order valence-corrected chi connectivity index (χ2v) is 9.87. The van der Waals surface area contributed by atoms with E-state index in [1.54, 1.807) is 13.3 Å². The summed E-state index contributed by atoms with van der Waals surface area (Å²) in [5.74, 6) is 2.12. The number of piperazine rings is 1. The third-order valence-corrected chi connectivity index (χ3v) is 7.79. The molecule has 0 atom stereocenters. The van der Waals surface area contributed by atoms with Gasteiger partial charge in [0, 0.05) is 76.2 Å². The summed E-state index contributed by atoms with van der Waals surface area (Å²) in [7, 11) is 1.76. The third kappa shape index (κ3) is 6.30. The number of rotatable bonds is 10. The minimum absolute atomic E-state index is 0.143. The number of nitrogens with zero attached hydrogens (tertiary/aromatic N) is 5. The molecule has 1 amide bonds. The highest BCUT2D eigenvalue weighted by molar-refractivity contribution is 5.94. The van der Waals surface area contributed by atoms with E-state index in [1.165, 1.54) is 12.1 Å². The molecule has 1 aromatic carbocycles. The van der Waals surface area contributed by atoms with Crippen LogP contribution in [0.5, 0.6) is 5.75 Å². The van der Waals surface area contributed by atoms with Crippen LogP contribution in [0.15, 0.2) is 42.6 Å². The fourth-order valence-corrected chi connectivity index (χ4v) is 5.59. The first-order chi connectivity index (χ1) is 17.6. The molecule has 0 spiro atoms. The highest BCUT2D eigenvalue weighted by Crippen LogP contribution is 2.33. The quantitative estimate of drug-likeness (QED) is 0.479. The predicted molar refractivity (Wildman–Crippen MR) is 148 cm³/mol. The van der Waals surface area contributed by atoms with Crippen molar-refractivity contribution in [2.24, 2.45) is 5.92 Å². The van der Waals surface area contributed by atoms with Crippen molar-refractivity contribution in [1.82, 2.24) is 9.88 Å². The van der Waals surface area contributed by atoms with Crippen LogP contribution in [0.4, 0.5) is 17.2 Å². The van der Waals surface area contributed by atoms with Crippen LogP contribution in [0.3, 0.4) is 0 Å². The second kappa shape index (κ2) is 12.9. The maximum atomic E-state index is 13.4. The Morgan fingerprint density at radius 2 is 1.78 bits per heavy atom. The smallest absolute Gasteiger partial charge is 0.231 e. The Kier molecular flexibility index (Phi) is 9.45. The van der Waals surface area contributed by atoms with E-state index in [1.807, 2.05) is 23.1 Å². The van der Waals surface area contributed by atoms with Gasteiger partial charge in [-0.05, 0) is 51.0 Å². The minimum Gasteiger partial charge on any atom is -0.495 e. The Morgan fingerprint density at radius 3 is 2.42 bits per heavy atom. The molecule has 1 aliphatic heterocycles. The summed E-state index contributed by atoms with van der Waals surface area (Å²) in [5.41, 5.74) is 2.37. The summed E-state index contributed by atoms with van der Waals surface area (Å²) in [4.78, 5) is 27.1. The van der Waals surface area contributed by atoms with Crippen LogP contribution in [0.1, 0.15) is 46.0 Å². The molecule has 7 nitrogen and oxygen atoms in total. The molecule has 196 valence electrons. The number of pyridine rings is 1. The first-order valence-corrected chi connectivity index (χ1v) is 13.8. The van der Waals surface area contributed by atoms with E-state index in [-0.39, 0.29) is 11.8 Å². The van der Waals surface area contributed by atoms with E-state index in [2.05, 4.69) is 51.7 Å². The number of carbonyl (C=O) groups excluding carboxylic acids is 1. The number of ether oxygens (including phenoxy) is 1. The van der Waals surface area contributed by atoms with Crippen molar-refractivity contribution in [3.63, 3.8) is 0 Å². The van der Waals surface area contributed by atoms with Gasteiger partial charge in [-0.25, -0.2) is 4.98 Å². The molecular formula is C29H43N5O2. The lowest BCUT2D eigenvalue weighted by atomic mass is 9.88. The monoisotopic (exact) mass is 493 g/mol. The largest absolute Gasteiger partial charge is 0.495 e. The van der Waals surface area contributed by atoms with Gasteiger partial charge in [0.25, 0.3) is 0 Å². The SMILES string of the molecule is CCN(CC)c1ccc(N2CCN(CCN(C(=O)C3CCCCC3)c3ccccn3)CC2)c(OC)c1. The maximum absolute atomic E-state index is 13.4. The summed E-state index contributed by atoms with van der Waals surface area (Å²) in [6.07, 6.45) is 7.38. The average molecular weight is 494 g/mol. The van der Waals surface area contributed by atoms with Gasteiger partial charge in [-0.2, -0.15) is 0 Å². The maximum Gasteiger partial charge on any atom is 0.231 e. The molecule has 0 N–H and O–H groups in total. The zero-order valence-electron chi connectivity index (χ0n) is 22.4. The van der Waals surface area contributed by atoms with Crippen molar-refractivity contribution in [2.45, 2.75) is 46.0 Å². The fraction of sp³-hybridized carbons (Fsp3) is 0.586. The van der Waals surface area contributed by atoms with Gasteiger partial charge >= 0.3 is 0 Å². The van der Waals surface area contributed by atoms with E-state index in [9.17, 15) is 4.79 Å². The van der Waals surface area contributed by atoms with Gasteiger partial charge in [0.05, 0.1) is 12.8 Å². The molecule has 4 rings (SSSR count). The van der Waals surface area contributed by atoms with E-state index in [0.717, 1.165) is 88.8 Å². The van der Waals surface area contributed by atoms with Crippen molar-refractivity contribution in [2.75, 3.05) is 74.2 Å². The Labute approximate surface area is 217 Å². The Bertz CT molecular complexity index is 951. The van der Waals surface area contributed by atoms with Gasteiger partial charge in [-0.15, -0.1) is 0 Å². The number of hydrogen-bond acceptors (Lipinski definition) is 6. The van der Waals surface area contributed by atoms with Gasteiger partial charge in [0.1, 0.15) is 11.6 Å². The lowest BCUT2D eigenvalue weighted by Crippen LogP contribution is -2.50. The number of carbonyl (C=O) groups is 1. The van der Waals surface area contributed by atoms with Crippen LogP contribution < -0.4 is 19.4 Å². The van der Waals surface area contributed by atoms with Crippen molar-refractivity contribution >= 4 is 23.1 Å². The van der Waals surface area contributed by atoms with Gasteiger partial charge in [-0.3, -0.25) is 14.6 Å². The second-order valence-electron chi connectivity index (χ2n) is 9.87. The normalized spacial score (nSPS) is 17.1. The average Bonchev–Trinajstić information content (AvgIpc) is 2.95. The third-order valence-electron chi connectivity index (χ3n) is 7.79. The number of amides is 1. The molecule has 2 fully saturated rings. The van der Waals surface area contributed by atoms with Crippen molar-refractivity contribution in [1.29, 1.82) is 0 Å². The number of methoxy groups -OCH3 is 1. The van der Waals surface area contributed by atoms with Crippen LogP contribution in [0.25, 0.3) is 0 Å². The molecule has 1 aromatic heterocycles. The topological polar surface area (TPSA) is 52.2 Å². The minimum atomic E-state index is 0.143. The van der Waals surface area contributed by atoms with E-state index in [0.29, 0.717) is 6.54 Å². The number of anilines is 3. The fourth-order valence-electron chi connectivity index (χ4n) is 5.59. The van der Waals surface area contributed by atoms with Gasteiger partial charge in [0.2, 0.25) is 5.91 Å². The molecule has 2 aromatic rings. The number of aromatic nitrogens is 1. The molecule has 1 saturated heterocycles. The van der Waals surface area contributed by atoms with Crippen molar-refractivity contribution in [3.8, 4) is 5.75 Å². The van der Waals surface area contributed by atoms with Crippen LogP contribution in [-0.4, -0.2) is 75.3 Å². The number of hydrogen-bond donors (Lipinski definition) is 0. The summed E-state index contributed by atoms with van der Waals surface area (Å²) in [5, 5.41) is 0. The van der Waals surface area contributed by atoms with Crippen LogP contribution >= 0.6 is 0 Å². The highest BCUT2D eigenvalue weighted by Gasteiger charge is 2.28. The molecule has 2 aliphatic rings. The standard InChI is InChI=1S/C29H43N5O2/c1-4-32(5-2)25-14-15-26(27(23-25)36-3)33-20-17-31(18-21-33)19-22-34(28-13-9-10-16-30-28)29(35)24-11-7-6-8-12-24/h9-10,13-16,23-24H,4-8,11-12,17-22H2,1-3H3. The molecule has 0 unspecified atom stereocenters. The first-order valence-electron chi connectivity index (χ1n) is 13.8. The number of benzene rings is 1. The van der Waals surface area contributed by atoms with Gasteiger partial charge in [-0.1, -0.05) is 25.3 Å². The Hall–Kier alpha value is -2.80. The van der Waals surface area contributed by atoms with E-state index < -0.39 is 0 Å². The summed E-state index contributed by atoms with van der Waals surface area (Å²) in [6.45, 7) is 11.7. The molecule has 2 heterocycles. The van der Waals surface area contributed by atoms with E-state index in [4.69, 9.17) is 4.74 Å². The summed E-state index contributed by atoms with van der Waals surface area (Å²) < 4.78 is 5.78. The zero-order chi connectivity index (χ0) is 25.3. The van der Waals surface area contributed by atoms with Crippen LogP contribution in [0, 0.1) is 5.92 Å². The van der Waals surface area contributed by atoms with Gasteiger partial charge in [0.15, 0.2) is 0 Å². The highest BCUT2D eigenvalue weighted by atomic mass is 16.5. The molecule has 36 heavy (non-hydrogen) atoms. The van der Waals surface area contributed by atoms with E-state index >= 15 is 0 Å². The predicted octanol–water partition coefficient (Wildman–Crippen LogP) is 4.67. The van der Waals surface area contributed by atoms with Crippen molar-refractivity contribution < 1.29 is 9.53 Å². The van der Waals surface area contributed by atoms with Gasteiger partial charge < -0.3 is 14.5 Å². The van der Waals surface area contributed by atoms with Crippen LogP contribution in [-0.2, 0) is 4.79 Å². The molecule has 0 radical (unpaired) electrons. The van der Waals surface area contributed by atoms with Crippen molar-refractivity contribution in [3.05, 3.63) is 42.6 Å². The summed E-state index contributed by atoms with van der Waals surface area (Å²) in [6, 6.07) is 12.4.